The quantitative estimate of drug-likeness (QED) is 0.513. The van der Waals surface area contributed by atoms with Crippen molar-refractivity contribution in [2.75, 3.05) is 6.61 Å². The minimum atomic E-state index is -0.392. The highest BCUT2D eigenvalue weighted by Crippen LogP contribution is 2.37. The lowest BCUT2D eigenvalue weighted by molar-refractivity contribution is -0.00630. The molecule has 0 aliphatic heterocycles. The predicted molar refractivity (Wildman–Crippen MR) is 91.9 cm³/mol. The molecular weight excluding hydrogens is 328 g/mol. The number of alkyl halides is 1. The van der Waals surface area contributed by atoms with Crippen LogP contribution in [0.1, 0.15) is 70.6 Å². The molecule has 1 N–H and O–H groups in total. The minimum Gasteiger partial charge on any atom is -0.390 e. The average molecular weight is 359 g/mol. The van der Waals surface area contributed by atoms with Gasteiger partial charge in [0.1, 0.15) is 0 Å². The maximum Gasteiger partial charge on any atom is 0.0658 e. The van der Waals surface area contributed by atoms with Gasteiger partial charge in [-0.3, -0.25) is 0 Å². The van der Waals surface area contributed by atoms with Gasteiger partial charge < -0.3 is 9.84 Å². The summed E-state index contributed by atoms with van der Waals surface area (Å²) in [6, 6.07) is 0. The molecule has 0 spiro atoms. The summed E-state index contributed by atoms with van der Waals surface area (Å²) in [6.45, 7) is 4.39. The van der Waals surface area contributed by atoms with Gasteiger partial charge in [0.05, 0.1) is 18.3 Å². The van der Waals surface area contributed by atoms with Gasteiger partial charge in [-0.15, -0.1) is 6.58 Å². The van der Waals surface area contributed by atoms with E-state index >= 15 is 0 Å². The Morgan fingerprint density at radius 2 is 1.86 bits per heavy atom. The van der Waals surface area contributed by atoms with Crippen LogP contribution in [0.3, 0.4) is 0 Å². The second-order valence-electron chi connectivity index (χ2n) is 7.09. The summed E-state index contributed by atoms with van der Waals surface area (Å²) >= 11 is 3.84. The fourth-order valence-corrected chi connectivity index (χ4v) is 5.14. The fraction of sp³-hybridized carbons (Fsp3) is 0.889. The maximum absolute atomic E-state index is 10.7. The number of ether oxygens (including phenoxy) is 1. The minimum absolute atomic E-state index is 0.392. The maximum atomic E-state index is 10.7. The Bertz CT molecular complexity index is 304. The number of hydrogen-bond donors (Lipinski definition) is 1. The Morgan fingerprint density at radius 1 is 1.19 bits per heavy atom. The molecule has 21 heavy (non-hydrogen) atoms. The molecule has 122 valence electrons. The summed E-state index contributed by atoms with van der Waals surface area (Å²) < 4.78 is 5.75. The van der Waals surface area contributed by atoms with Gasteiger partial charge in [-0.2, -0.15) is 0 Å². The van der Waals surface area contributed by atoms with Crippen LogP contribution in [-0.4, -0.2) is 28.2 Å². The summed E-state index contributed by atoms with van der Waals surface area (Å²) in [7, 11) is 0. The van der Waals surface area contributed by atoms with E-state index < -0.39 is 5.60 Å². The van der Waals surface area contributed by atoms with E-state index in [1.165, 1.54) is 51.4 Å². The van der Waals surface area contributed by atoms with Gasteiger partial charge in [-0.25, -0.2) is 0 Å². The Balaban J connectivity index is 1.66. The lowest BCUT2D eigenvalue weighted by Crippen LogP contribution is -2.34. The van der Waals surface area contributed by atoms with Crippen molar-refractivity contribution in [1.82, 2.24) is 0 Å². The van der Waals surface area contributed by atoms with Gasteiger partial charge in [0.2, 0.25) is 0 Å². The van der Waals surface area contributed by atoms with Crippen LogP contribution in [0.4, 0.5) is 0 Å². The molecule has 2 nitrogen and oxygen atoms in total. The van der Waals surface area contributed by atoms with Crippen molar-refractivity contribution >= 4 is 15.9 Å². The van der Waals surface area contributed by atoms with Crippen LogP contribution in [0.5, 0.6) is 0 Å². The number of rotatable bonds is 7. The van der Waals surface area contributed by atoms with Gasteiger partial charge >= 0.3 is 0 Å². The molecule has 0 aromatic carbocycles. The topological polar surface area (TPSA) is 29.5 Å². The van der Waals surface area contributed by atoms with Crippen LogP contribution in [-0.2, 0) is 4.74 Å². The van der Waals surface area contributed by atoms with Crippen molar-refractivity contribution < 1.29 is 9.84 Å². The van der Waals surface area contributed by atoms with E-state index in [1.807, 2.05) is 6.08 Å². The van der Waals surface area contributed by atoms with E-state index in [9.17, 15) is 5.11 Å². The lowest BCUT2D eigenvalue weighted by Gasteiger charge is -2.35. The van der Waals surface area contributed by atoms with Gasteiger partial charge in [0.25, 0.3) is 0 Å². The molecule has 2 fully saturated rings. The van der Waals surface area contributed by atoms with Crippen LogP contribution in [0.15, 0.2) is 12.7 Å². The number of aliphatic hydroxyl groups is 1. The molecule has 1 unspecified atom stereocenters. The average Bonchev–Trinajstić information content (AvgIpc) is 2.46. The third-order valence-electron chi connectivity index (χ3n) is 5.22. The normalized spacial score (nSPS) is 30.8. The van der Waals surface area contributed by atoms with Crippen LogP contribution in [0.2, 0.25) is 0 Å². The first-order chi connectivity index (χ1) is 10.1. The summed E-state index contributed by atoms with van der Waals surface area (Å²) in [5.41, 5.74) is -0.392. The van der Waals surface area contributed by atoms with Gasteiger partial charge in [-0.05, 0) is 57.3 Å². The first-order valence-electron chi connectivity index (χ1n) is 8.70. The van der Waals surface area contributed by atoms with E-state index in [4.69, 9.17) is 4.74 Å². The van der Waals surface area contributed by atoms with Crippen molar-refractivity contribution in [3.63, 3.8) is 0 Å². The first kappa shape index (κ1) is 17.5. The highest BCUT2D eigenvalue weighted by Gasteiger charge is 2.32. The Kier molecular flexibility index (Phi) is 7.24. The predicted octanol–water partition coefficient (Wildman–Crippen LogP) is 4.99. The SMILES string of the molecule is C=CCOC1CCC(CC(Br)CC2(O)CCCCC2)CC1. The van der Waals surface area contributed by atoms with Gasteiger partial charge in [0.15, 0.2) is 0 Å². The van der Waals surface area contributed by atoms with Crippen LogP contribution < -0.4 is 0 Å². The molecule has 2 aliphatic carbocycles. The molecule has 0 bridgehead atoms. The smallest absolute Gasteiger partial charge is 0.0658 e. The summed E-state index contributed by atoms with van der Waals surface area (Å²) in [6.07, 6.45) is 15.0. The van der Waals surface area contributed by atoms with Crippen molar-refractivity contribution in [2.24, 2.45) is 5.92 Å². The van der Waals surface area contributed by atoms with Crippen LogP contribution in [0, 0.1) is 5.92 Å². The second-order valence-corrected chi connectivity index (χ2v) is 8.38. The molecule has 0 radical (unpaired) electrons. The van der Waals surface area contributed by atoms with E-state index in [-0.39, 0.29) is 0 Å². The standard InChI is InChI=1S/C18H31BrO2/c1-2-12-21-17-8-6-15(7-9-17)13-16(19)14-18(20)10-4-3-5-11-18/h2,15-17,20H,1,3-14H2. The second kappa shape index (κ2) is 8.69. The molecule has 2 aliphatic rings. The zero-order valence-electron chi connectivity index (χ0n) is 13.2. The largest absolute Gasteiger partial charge is 0.390 e. The van der Waals surface area contributed by atoms with Gasteiger partial charge in [0, 0.05) is 4.83 Å². The number of halogens is 1. The van der Waals surface area contributed by atoms with Gasteiger partial charge in [-0.1, -0.05) is 41.3 Å². The molecular formula is C18H31BrO2. The highest BCUT2D eigenvalue weighted by atomic mass is 79.9. The molecule has 0 heterocycles. The number of hydrogen-bond acceptors (Lipinski definition) is 2. The zero-order chi connectivity index (χ0) is 15.1. The zero-order valence-corrected chi connectivity index (χ0v) is 14.8. The van der Waals surface area contributed by atoms with Crippen LogP contribution in [0.25, 0.3) is 0 Å². The van der Waals surface area contributed by atoms with Crippen LogP contribution >= 0.6 is 15.9 Å². The molecule has 0 aromatic rings. The third kappa shape index (κ3) is 6.03. The Hall–Kier alpha value is 0.140. The monoisotopic (exact) mass is 358 g/mol. The van der Waals surface area contributed by atoms with E-state index in [0.717, 1.165) is 25.2 Å². The van der Waals surface area contributed by atoms with Crippen molar-refractivity contribution in [3.05, 3.63) is 12.7 Å². The van der Waals surface area contributed by atoms with E-state index in [1.54, 1.807) is 0 Å². The first-order valence-corrected chi connectivity index (χ1v) is 9.62. The Morgan fingerprint density at radius 3 is 2.48 bits per heavy atom. The molecule has 1 atom stereocenters. The van der Waals surface area contributed by atoms with Crippen molar-refractivity contribution in [2.45, 2.75) is 87.2 Å². The third-order valence-corrected chi connectivity index (χ3v) is 5.92. The fourth-order valence-electron chi connectivity index (χ4n) is 4.01. The molecule has 0 amide bonds. The molecule has 2 saturated carbocycles. The molecule has 0 saturated heterocycles. The lowest BCUT2D eigenvalue weighted by atomic mass is 9.79. The van der Waals surface area contributed by atoms with E-state index in [0.29, 0.717) is 17.5 Å². The summed E-state index contributed by atoms with van der Waals surface area (Å²) in [4.78, 5) is 0.469. The molecule has 3 heteroatoms. The van der Waals surface area contributed by atoms with E-state index in [2.05, 4.69) is 22.5 Å². The Labute approximate surface area is 138 Å². The summed E-state index contributed by atoms with van der Waals surface area (Å²) in [5, 5.41) is 10.7. The molecule has 0 aromatic heterocycles. The highest BCUT2D eigenvalue weighted by molar-refractivity contribution is 9.09. The molecule has 2 rings (SSSR count). The van der Waals surface area contributed by atoms with Crippen molar-refractivity contribution in [1.29, 1.82) is 0 Å². The summed E-state index contributed by atoms with van der Waals surface area (Å²) in [5.74, 6) is 0.796. The van der Waals surface area contributed by atoms with Crippen molar-refractivity contribution in [3.8, 4) is 0 Å².